The summed E-state index contributed by atoms with van der Waals surface area (Å²) in [5.41, 5.74) is 0.997. The predicted molar refractivity (Wildman–Crippen MR) is 129 cm³/mol. The maximum absolute atomic E-state index is 14.0. The topological polar surface area (TPSA) is 98.7 Å². The highest BCUT2D eigenvalue weighted by atomic mass is 32.2. The summed E-state index contributed by atoms with van der Waals surface area (Å²) in [5, 5.41) is 16.3. The molecule has 7 atom stereocenters. The van der Waals surface area contributed by atoms with Gasteiger partial charge in [0.15, 0.2) is 0 Å². The fraction of sp³-hybridized carbons (Fsp3) is 0.640. The van der Waals surface area contributed by atoms with E-state index in [0.717, 1.165) is 31.2 Å². The van der Waals surface area contributed by atoms with Gasteiger partial charge in [-0.15, -0.1) is 11.8 Å². The van der Waals surface area contributed by atoms with E-state index in [4.69, 9.17) is 0 Å². The third-order valence-electron chi connectivity index (χ3n) is 7.56. The predicted octanol–water partition coefficient (Wildman–Crippen LogP) is 1.73. The van der Waals surface area contributed by atoms with Crippen molar-refractivity contribution in [2.75, 3.05) is 13.7 Å². The third-order valence-corrected chi connectivity index (χ3v) is 9.52. The summed E-state index contributed by atoms with van der Waals surface area (Å²) in [6.45, 7) is 3.82. The minimum absolute atomic E-state index is 0.00468. The Kier molecular flexibility index (Phi) is 7.05. The Hall–Kier alpha value is -2.06. The van der Waals surface area contributed by atoms with Gasteiger partial charge in [0, 0.05) is 18.3 Å². The van der Waals surface area contributed by atoms with E-state index in [1.165, 1.54) is 0 Å². The second-order valence-corrected chi connectivity index (χ2v) is 11.2. The van der Waals surface area contributed by atoms with E-state index in [2.05, 4.69) is 17.6 Å². The monoisotopic (exact) mass is 473 g/mol. The van der Waals surface area contributed by atoms with E-state index < -0.39 is 28.7 Å². The molecule has 1 aromatic carbocycles. The number of aliphatic hydroxyl groups excluding tert-OH is 1. The van der Waals surface area contributed by atoms with Crippen LogP contribution in [0, 0.1) is 11.8 Å². The van der Waals surface area contributed by atoms with Crippen molar-refractivity contribution in [3.63, 3.8) is 0 Å². The number of amides is 3. The number of nitrogens with one attached hydrogen (secondary N) is 2. The van der Waals surface area contributed by atoms with Crippen LogP contribution >= 0.6 is 11.8 Å². The smallest absolute Gasteiger partial charge is 0.244 e. The van der Waals surface area contributed by atoms with Crippen molar-refractivity contribution in [1.29, 1.82) is 0 Å². The van der Waals surface area contributed by atoms with E-state index in [-0.39, 0.29) is 35.6 Å². The van der Waals surface area contributed by atoms with Gasteiger partial charge in [0.05, 0.1) is 29.2 Å². The van der Waals surface area contributed by atoms with Gasteiger partial charge < -0.3 is 20.6 Å². The number of carbonyl (C=O) groups is 3. The van der Waals surface area contributed by atoms with Gasteiger partial charge in [0.25, 0.3) is 0 Å². The molecule has 1 spiro atoms. The van der Waals surface area contributed by atoms with Crippen LogP contribution in [0.25, 0.3) is 0 Å². The molecule has 7 nitrogen and oxygen atoms in total. The maximum atomic E-state index is 14.0. The Morgan fingerprint density at radius 3 is 2.64 bits per heavy atom. The number of likely N-dealkylation sites (tertiary alicyclic amines) is 1. The molecule has 3 aliphatic rings. The third kappa shape index (κ3) is 4.05. The summed E-state index contributed by atoms with van der Waals surface area (Å²) in [5.74, 6) is -1.44. The van der Waals surface area contributed by atoms with Gasteiger partial charge >= 0.3 is 0 Å². The number of nitrogens with zero attached hydrogens (tertiary/aromatic N) is 1. The first-order valence-corrected chi connectivity index (χ1v) is 12.9. The highest BCUT2D eigenvalue weighted by Gasteiger charge is 2.74. The zero-order valence-corrected chi connectivity index (χ0v) is 20.4. The number of fused-ring (bicyclic) bond motifs is 1. The molecule has 3 heterocycles. The lowest BCUT2D eigenvalue weighted by Crippen LogP contribution is -2.58. The summed E-state index contributed by atoms with van der Waals surface area (Å²) in [6.07, 6.45) is 3.81. The molecule has 0 radical (unpaired) electrons. The van der Waals surface area contributed by atoms with Crippen LogP contribution in [-0.2, 0) is 20.8 Å². The molecule has 2 bridgehead atoms. The summed E-state index contributed by atoms with van der Waals surface area (Å²) in [4.78, 5) is 42.1. The van der Waals surface area contributed by atoms with Crippen molar-refractivity contribution >= 4 is 29.5 Å². The molecule has 0 aliphatic carbocycles. The molecule has 8 heteroatoms. The Morgan fingerprint density at radius 1 is 1.27 bits per heavy atom. The number of thioether (sulfide) groups is 1. The van der Waals surface area contributed by atoms with E-state index in [9.17, 15) is 19.5 Å². The van der Waals surface area contributed by atoms with Crippen LogP contribution in [0.4, 0.5) is 0 Å². The fourth-order valence-corrected chi connectivity index (χ4v) is 8.42. The van der Waals surface area contributed by atoms with Crippen molar-refractivity contribution in [3.05, 3.63) is 35.9 Å². The molecule has 0 saturated carbocycles. The molecule has 3 saturated heterocycles. The van der Waals surface area contributed by atoms with Gasteiger partial charge in [-0.25, -0.2) is 0 Å². The fourth-order valence-electron chi connectivity index (χ4n) is 6.21. The van der Waals surface area contributed by atoms with Gasteiger partial charge in [-0.3, -0.25) is 14.4 Å². The minimum atomic E-state index is -0.695. The van der Waals surface area contributed by atoms with Crippen LogP contribution in [0.1, 0.15) is 45.1 Å². The van der Waals surface area contributed by atoms with Gasteiger partial charge in [0.1, 0.15) is 6.04 Å². The van der Waals surface area contributed by atoms with Crippen LogP contribution in [0.2, 0.25) is 0 Å². The van der Waals surface area contributed by atoms with Crippen LogP contribution < -0.4 is 10.6 Å². The summed E-state index contributed by atoms with van der Waals surface area (Å²) in [6, 6.07) is 8.49. The Balaban J connectivity index is 1.72. The lowest BCUT2D eigenvalue weighted by Gasteiger charge is -2.37. The van der Waals surface area contributed by atoms with Crippen molar-refractivity contribution in [1.82, 2.24) is 15.5 Å². The van der Waals surface area contributed by atoms with Gasteiger partial charge in [-0.05, 0) is 38.2 Å². The Bertz CT molecular complexity index is 897. The van der Waals surface area contributed by atoms with E-state index in [0.29, 0.717) is 6.42 Å². The first-order chi connectivity index (χ1) is 15.9. The normalized spacial score (nSPS) is 31.9. The van der Waals surface area contributed by atoms with Gasteiger partial charge in [0.2, 0.25) is 17.7 Å². The van der Waals surface area contributed by atoms with Crippen LogP contribution in [0.15, 0.2) is 30.3 Å². The molecule has 3 fully saturated rings. The maximum Gasteiger partial charge on any atom is 0.244 e. The Morgan fingerprint density at radius 2 is 2.00 bits per heavy atom. The van der Waals surface area contributed by atoms with E-state index >= 15 is 0 Å². The first-order valence-electron chi connectivity index (χ1n) is 12.0. The Labute approximate surface area is 200 Å². The number of benzene rings is 1. The molecule has 180 valence electrons. The molecule has 33 heavy (non-hydrogen) atoms. The number of rotatable bonds is 9. The second kappa shape index (κ2) is 9.66. The standard InChI is InChI=1S/C25H35N3O4S/c1-4-8-15(2)27-23(31)21-25-12-11-18(33-25)19(22(30)26-3)20(25)24(32)28(21)17(14-29)13-16-9-6-5-7-10-16/h5-7,9-10,15,17-21,29H,4,8,11-14H2,1-3H3,(H,26,30)(H,27,31)/t15?,17-,18-,19+,20+,21?,25?/m1/s1. The molecule has 3 aliphatic heterocycles. The quantitative estimate of drug-likeness (QED) is 0.507. The van der Waals surface area contributed by atoms with Crippen molar-refractivity contribution in [2.45, 2.75) is 74.1 Å². The van der Waals surface area contributed by atoms with Gasteiger partial charge in [-0.2, -0.15) is 0 Å². The SMILES string of the molecule is CCCC(C)NC(=O)C1N([C@@H](CO)Cc2ccccc2)C(=O)[C@@H]2[C@@H](C(=O)NC)[C@H]3CCC12S3. The highest BCUT2D eigenvalue weighted by molar-refractivity contribution is 8.02. The first kappa shape index (κ1) is 24.1. The van der Waals surface area contributed by atoms with Crippen LogP contribution in [0.3, 0.4) is 0 Å². The number of aliphatic hydroxyl groups is 1. The van der Waals surface area contributed by atoms with Crippen molar-refractivity contribution in [3.8, 4) is 0 Å². The van der Waals surface area contributed by atoms with Crippen molar-refractivity contribution < 1.29 is 19.5 Å². The zero-order valence-electron chi connectivity index (χ0n) is 19.6. The molecule has 3 amide bonds. The van der Waals surface area contributed by atoms with Gasteiger partial charge in [-0.1, -0.05) is 43.7 Å². The zero-order chi connectivity index (χ0) is 23.8. The number of carbonyl (C=O) groups excluding carboxylic acids is 3. The summed E-state index contributed by atoms with van der Waals surface area (Å²) in [7, 11) is 1.60. The molecular weight excluding hydrogens is 438 g/mol. The van der Waals surface area contributed by atoms with Crippen LogP contribution in [-0.4, -0.2) is 69.5 Å². The van der Waals surface area contributed by atoms with E-state index in [1.54, 1.807) is 23.7 Å². The number of hydrogen-bond donors (Lipinski definition) is 3. The molecule has 4 rings (SSSR count). The largest absolute Gasteiger partial charge is 0.394 e. The number of hydrogen-bond acceptors (Lipinski definition) is 5. The molecule has 3 unspecified atom stereocenters. The molecule has 1 aromatic rings. The lowest BCUT2D eigenvalue weighted by atomic mass is 9.70. The summed E-state index contributed by atoms with van der Waals surface area (Å²) < 4.78 is -0.626. The average Bonchev–Trinajstić information content (AvgIpc) is 3.45. The molecular formula is C25H35N3O4S. The molecule has 0 aromatic heterocycles. The highest BCUT2D eigenvalue weighted by Crippen LogP contribution is 2.66. The summed E-state index contributed by atoms with van der Waals surface area (Å²) >= 11 is 1.65. The van der Waals surface area contributed by atoms with Crippen molar-refractivity contribution in [2.24, 2.45) is 11.8 Å². The second-order valence-electron chi connectivity index (χ2n) is 9.64. The van der Waals surface area contributed by atoms with Crippen LogP contribution in [0.5, 0.6) is 0 Å². The lowest BCUT2D eigenvalue weighted by molar-refractivity contribution is -0.142. The molecule has 3 N–H and O–H groups in total. The van der Waals surface area contributed by atoms with E-state index in [1.807, 2.05) is 37.3 Å². The minimum Gasteiger partial charge on any atom is -0.394 e. The average molecular weight is 474 g/mol.